The monoisotopic (exact) mass is 216 g/mol. The lowest BCUT2D eigenvalue weighted by atomic mass is 10.0. The zero-order valence-electron chi connectivity index (χ0n) is 9.30. The third kappa shape index (κ3) is 4.55. The van der Waals surface area contributed by atoms with E-state index in [9.17, 15) is 0 Å². The molecule has 2 atom stereocenters. The molecule has 1 heterocycles. The molecule has 3 nitrogen and oxygen atoms in total. The van der Waals surface area contributed by atoms with Crippen molar-refractivity contribution < 1.29 is 4.43 Å². The number of nitrogens with two attached hydrogens (primary N) is 1. The summed E-state index contributed by atoms with van der Waals surface area (Å²) in [4.78, 5) is 0. The molecule has 0 amide bonds. The second-order valence-corrected chi connectivity index (χ2v) is 5.52. The molecule has 1 aliphatic rings. The first kappa shape index (κ1) is 12.2. The van der Waals surface area contributed by atoms with Gasteiger partial charge in [0.15, 0.2) is 9.76 Å². The molecule has 84 valence electrons. The van der Waals surface area contributed by atoms with Crippen LogP contribution in [0.4, 0.5) is 0 Å². The molecule has 1 rings (SSSR count). The van der Waals surface area contributed by atoms with Crippen molar-refractivity contribution in [1.29, 1.82) is 0 Å². The standard InChI is InChI=1S/C10H24N2OSi/c1-2-9(12-6-5-11)8-10-4-3-7-14-13-10/h9-10,12H,2-8,11,14H2,1H3. The fraction of sp³-hybridized carbons (Fsp3) is 1.00. The van der Waals surface area contributed by atoms with Crippen molar-refractivity contribution in [3.8, 4) is 0 Å². The molecule has 1 aliphatic heterocycles. The first-order valence-corrected chi connectivity index (χ1v) is 7.49. The van der Waals surface area contributed by atoms with Gasteiger partial charge in [0.05, 0.1) is 0 Å². The van der Waals surface area contributed by atoms with E-state index in [1.54, 1.807) is 0 Å². The first-order chi connectivity index (χ1) is 6.86. The maximum Gasteiger partial charge on any atom is 0.161 e. The van der Waals surface area contributed by atoms with Crippen LogP contribution in [0.15, 0.2) is 0 Å². The van der Waals surface area contributed by atoms with Crippen molar-refractivity contribution in [2.75, 3.05) is 13.1 Å². The van der Waals surface area contributed by atoms with E-state index >= 15 is 0 Å². The molecular formula is C10H24N2OSi. The molecule has 0 aromatic carbocycles. The summed E-state index contributed by atoms with van der Waals surface area (Å²) in [5.41, 5.74) is 5.48. The first-order valence-electron chi connectivity index (χ1n) is 5.91. The molecule has 4 heteroatoms. The van der Waals surface area contributed by atoms with E-state index in [0.29, 0.717) is 12.1 Å². The fourth-order valence-corrected chi connectivity index (χ4v) is 3.29. The van der Waals surface area contributed by atoms with Crippen LogP contribution in [-0.2, 0) is 4.43 Å². The smallest absolute Gasteiger partial charge is 0.161 e. The van der Waals surface area contributed by atoms with E-state index in [0.717, 1.165) is 13.1 Å². The Hall–Kier alpha value is 0.0969. The van der Waals surface area contributed by atoms with Crippen LogP contribution in [0.1, 0.15) is 32.6 Å². The van der Waals surface area contributed by atoms with Gasteiger partial charge in [-0.3, -0.25) is 0 Å². The zero-order valence-corrected chi connectivity index (χ0v) is 10.7. The summed E-state index contributed by atoms with van der Waals surface area (Å²) in [5, 5.41) is 3.48. The Kier molecular flexibility index (Phi) is 6.43. The summed E-state index contributed by atoms with van der Waals surface area (Å²) in [5.74, 6) is 0. The highest BCUT2D eigenvalue weighted by atomic mass is 28.2. The highest BCUT2D eigenvalue weighted by molar-refractivity contribution is 6.27. The molecule has 0 radical (unpaired) electrons. The summed E-state index contributed by atoms with van der Waals surface area (Å²) in [6.07, 6.45) is 5.58. The maximum absolute atomic E-state index is 5.86. The van der Waals surface area contributed by atoms with Gasteiger partial charge < -0.3 is 15.5 Å². The summed E-state index contributed by atoms with van der Waals surface area (Å²) < 4.78 is 5.86. The molecule has 0 bridgehead atoms. The van der Waals surface area contributed by atoms with Crippen molar-refractivity contribution >= 4 is 9.76 Å². The van der Waals surface area contributed by atoms with E-state index in [4.69, 9.17) is 10.2 Å². The second-order valence-electron chi connectivity index (χ2n) is 4.07. The van der Waals surface area contributed by atoms with Gasteiger partial charge in [0, 0.05) is 25.2 Å². The van der Waals surface area contributed by atoms with Gasteiger partial charge in [-0.2, -0.15) is 0 Å². The second kappa shape index (κ2) is 7.40. The molecule has 0 spiro atoms. The molecule has 2 unspecified atom stereocenters. The predicted molar refractivity (Wildman–Crippen MR) is 63.2 cm³/mol. The van der Waals surface area contributed by atoms with Gasteiger partial charge in [-0.15, -0.1) is 0 Å². The predicted octanol–water partition coefficient (Wildman–Crippen LogP) is 0.385. The van der Waals surface area contributed by atoms with Crippen LogP contribution < -0.4 is 11.1 Å². The topological polar surface area (TPSA) is 47.3 Å². The van der Waals surface area contributed by atoms with Crippen molar-refractivity contribution in [2.24, 2.45) is 5.73 Å². The fourth-order valence-electron chi connectivity index (χ4n) is 1.99. The highest BCUT2D eigenvalue weighted by Crippen LogP contribution is 2.17. The Morgan fingerprint density at radius 1 is 1.64 bits per heavy atom. The van der Waals surface area contributed by atoms with Gasteiger partial charge >= 0.3 is 0 Å². The minimum atomic E-state index is -0.161. The van der Waals surface area contributed by atoms with E-state index in [-0.39, 0.29) is 9.76 Å². The molecule has 14 heavy (non-hydrogen) atoms. The van der Waals surface area contributed by atoms with Crippen LogP contribution in [0.2, 0.25) is 6.04 Å². The summed E-state index contributed by atoms with van der Waals surface area (Å²) in [6.45, 7) is 3.90. The third-order valence-electron chi connectivity index (χ3n) is 2.89. The SMILES string of the molecule is CCC(CC1CCC[SiH2]O1)NCCN. The van der Waals surface area contributed by atoms with Gasteiger partial charge in [-0.25, -0.2) is 0 Å². The van der Waals surface area contributed by atoms with E-state index in [2.05, 4.69) is 12.2 Å². The number of nitrogens with one attached hydrogen (secondary N) is 1. The maximum atomic E-state index is 5.86. The molecule has 0 aliphatic carbocycles. The van der Waals surface area contributed by atoms with E-state index in [1.165, 1.54) is 31.7 Å². The Morgan fingerprint density at radius 2 is 2.50 bits per heavy atom. The number of hydrogen-bond donors (Lipinski definition) is 2. The van der Waals surface area contributed by atoms with Crippen LogP contribution >= 0.6 is 0 Å². The van der Waals surface area contributed by atoms with Crippen LogP contribution in [0, 0.1) is 0 Å². The number of hydrogen-bond acceptors (Lipinski definition) is 3. The summed E-state index contributed by atoms with van der Waals surface area (Å²) in [6, 6.07) is 1.99. The highest BCUT2D eigenvalue weighted by Gasteiger charge is 2.17. The van der Waals surface area contributed by atoms with Crippen LogP contribution in [0.25, 0.3) is 0 Å². The van der Waals surface area contributed by atoms with Gasteiger partial charge in [0.2, 0.25) is 0 Å². The lowest BCUT2D eigenvalue weighted by molar-refractivity contribution is 0.155. The van der Waals surface area contributed by atoms with Crippen molar-refractivity contribution in [3.05, 3.63) is 0 Å². The zero-order chi connectivity index (χ0) is 10.2. The molecule has 0 saturated carbocycles. The van der Waals surface area contributed by atoms with E-state index in [1.807, 2.05) is 0 Å². The van der Waals surface area contributed by atoms with Crippen molar-refractivity contribution in [3.63, 3.8) is 0 Å². The Labute approximate surface area is 89.7 Å². The Morgan fingerprint density at radius 3 is 3.07 bits per heavy atom. The molecule has 0 aromatic heterocycles. The third-order valence-corrected chi connectivity index (χ3v) is 4.39. The molecular weight excluding hydrogens is 192 g/mol. The van der Waals surface area contributed by atoms with Gasteiger partial charge in [-0.05, 0) is 25.3 Å². The molecule has 1 fully saturated rings. The largest absolute Gasteiger partial charge is 0.421 e. The molecule has 0 aromatic rings. The minimum absolute atomic E-state index is 0.161. The van der Waals surface area contributed by atoms with Crippen molar-refractivity contribution in [1.82, 2.24) is 5.32 Å². The average Bonchev–Trinajstić information content (AvgIpc) is 2.25. The number of rotatable bonds is 6. The van der Waals surface area contributed by atoms with Crippen LogP contribution in [-0.4, -0.2) is 35.0 Å². The minimum Gasteiger partial charge on any atom is -0.421 e. The summed E-state index contributed by atoms with van der Waals surface area (Å²) >= 11 is 0. The van der Waals surface area contributed by atoms with Crippen LogP contribution in [0.5, 0.6) is 0 Å². The van der Waals surface area contributed by atoms with Gasteiger partial charge in [-0.1, -0.05) is 13.3 Å². The quantitative estimate of drug-likeness (QED) is 0.631. The average molecular weight is 216 g/mol. The molecule has 3 N–H and O–H groups in total. The Balaban J connectivity index is 2.16. The normalized spacial score (nSPS) is 26.6. The lowest BCUT2D eigenvalue weighted by Crippen LogP contribution is -2.37. The Bertz CT molecular complexity index is 140. The van der Waals surface area contributed by atoms with Gasteiger partial charge in [0.1, 0.15) is 0 Å². The van der Waals surface area contributed by atoms with Crippen LogP contribution in [0.3, 0.4) is 0 Å². The van der Waals surface area contributed by atoms with Gasteiger partial charge in [0.25, 0.3) is 0 Å². The lowest BCUT2D eigenvalue weighted by Gasteiger charge is -2.27. The van der Waals surface area contributed by atoms with E-state index < -0.39 is 0 Å². The van der Waals surface area contributed by atoms with Crippen molar-refractivity contribution in [2.45, 2.75) is 50.8 Å². The molecule has 1 saturated heterocycles. The summed E-state index contributed by atoms with van der Waals surface area (Å²) in [7, 11) is -0.161.